The van der Waals surface area contributed by atoms with Crippen LogP contribution in [0.2, 0.25) is 10.0 Å². The molecule has 122 valence electrons. The van der Waals surface area contributed by atoms with Crippen molar-refractivity contribution < 1.29 is 4.79 Å². The number of carbonyl (C=O) groups is 1. The van der Waals surface area contributed by atoms with Crippen LogP contribution in [0, 0.1) is 24.2 Å². The Labute approximate surface area is 151 Å². The highest BCUT2D eigenvalue weighted by Gasteiger charge is 2.30. The Morgan fingerprint density at radius 1 is 1.25 bits per heavy atom. The zero-order valence-electron chi connectivity index (χ0n) is 13.1. The summed E-state index contributed by atoms with van der Waals surface area (Å²) < 4.78 is 0. The third-order valence-electron chi connectivity index (χ3n) is 4.19. The minimum Gasteiger partial charge on any atom is -0.326 e. The molecule has 5 heteroatoms. The highest BCUT2D eigenvalue weighted by molar-refractivity contribution is 6.32. The number of nitrogens with one attached hydrogen (secondary N) is 1. The average molecular weight is 359 g/mol. The van der Waals surface area contributed by atoms with Gasteiger partial charge in [0.1, 0.15) is 0 Å². The molecule has 0 aliphatic heterocycles. The third-order valence-corrected chi connectivity index (χ3v) is 4.77. The minimum atomic E-state index is -0.485. The fourth-order valence-electron chi connectivity index (χ4n) is 2.62. The lowest BCUT2D eigenvalue weighted by Crippen LogP contribution is -2.14. The summed E-state index contributed by atoms with van der Waals surface area (Å²) in [6.45, 7) is 1.90. The summed E-state index contributed by atoms with van der Waals surface area (Å²) in [5.74, 6) is -0.318. The van der Waals surface area contributed by atoms with E-state index in [2.05, 4.69) is 11.4 Å². The summed E-state index contributed by atoms with van der Waals surface area (Å²) in [7, 11) is 0. The highest BCUT2D eigenvalue weighted by atomic mass is 35.5. The number of anilines is 1. The number of aryl methyl sites for hydroxylation is 1. The van der Waals surface area contributed by atoms with Gasteiger partial charge in [0.05, 0.1) is 12.0 Å². The van der Waals surface area contributed by atoms with E-state index in [1.165, 1.54) is 0 Å². The summed E-state index contributed by atoms with van der Waals surface area (Å²) in [5.41, 5.74) is 3.15. The van der Waals surface area contributed by atoms with Crippen LogP contribution < -0.4 is 5.32 Å². The first-order valence-electron chi connectivity index (χ1n) is 7.75. The molecule has 0 saturated heterocycles. The molecule has 1 N–H and O–H groups in total. The van der Waals surface area contributed by atoms with Crippen LogP contribution in [0.25, 0.3) is 0 Å². The largest absolute Gasteiger partial charge is 0.326 e. The van der Waals surface area contributed by atoms with Gasteiger partial charge in [0.25, 0.3) is 0 Å². The lowest BCUT2D eigenvalue weighted by atomic mass is 9.91. The molecule has 0 spiro atoms. The molecular weight excluding hydrogens is 343 g/mol. The van der Waals surface area contributed by atoms with E-state index in [1.54, 1.807) is 18.2 Å². The van der Waals surface area contributed by atoms with E-state index in [-0.39, 0.29) is 11.8 Å². The summed E-state index contributed by atoms with van der Waals surface area (Å²) in [6, 6.07) is 13.1. The monoisotopic (exact) mass is 358 g/mol. The van der Waals surface area contributed by atoms with E-state index in [1.807, 2.05) is 25.1 Å². The Bertz CT molecular complexity index is 820. The van der Waals surface area contributed by atoms with Gasteiger partial charge in [-0.05, 0) is 54.7 Å². The predicted octanol–water partition coefficient (Wildman–Crippen LogP) is 5.31. The molecule has 1 saturated carbocycles. The minimum absolute atomic E-state index is 0.0384. The van der Waals surface area contributed by atoms with Gasteiger partial charge in [-0.2, -0.15) is 5.26 Å². The second-order valence-electron chi connectivity index (χ2n) is 6.07. The van der Waals surface area contributed by atoms with E-state index >= 15 is 0 Å². The lowest BCUT2D eigenvalue weighted by Gasteiger charge is -2.16. The number of amides is 1. The van der Waals surface area contributed by atoms with Gasteiger partial charge in [0, 0.05) is 21.7 Å². The van der Waals surface area contributed by atoms with Crippen LogP contribution in [0.15, 0.2) is 36.4 Å². The van der Waals surface area contributed by atoms with E-state index in [4.69, 9.17) is 23.2 Å². The first-order valence-corrected chi connectivity index (χ1v) is 8.51. The van der Waals surface area contributed by atoms with Crippen LogP contribution in [-0.2, 0) is 4.79 Å². The van der Waals surface area contributed by atoms with Crippen molar-refractivity contribution in [2.75, 3.05) is 5.32 Å². The Kier molecular flexibility index (Phi) is 4.80. The van der Waals surface area contributed by atoms with E-state index in [0.717, 1.165) is 29.5 Å². The Hall–Kier alpha value is -2.02. The lowest BCUT2D eigenvalue weighted by molar-refractivity contribution is -0.117. The summed E-state index contributed by atoms with van der Waals surface area (Å²) >= 11 is 12.3. The summed E-state index contributed by atoms with van der Waals surface area (Å²) in [4.78, 5) is 11.9. The smallest absolute Gasteiger partial charge is 0.227 e. The zero-order valence-corrected chi connectivity index (χ0v) is 14.7. The number of nitriles is 1. The number of benzene rings is 2. The molecule has 0 radical (unpaired) electrons. The quantitative estimate of drug-likeness (QED) is 0.805. The summed E-state index contributed by atoms with van der Waals surface area (Å²) in [5, 5.41) is 13.6. The standard InChI is InChI=1S/C19H16Cl2N2O/c1-11-8-15(16(10-22)12-4-6-14(20)7-5-12)17(21)9-18(11)23-19(24)13-2-3-13/h4-9,13,16H,2-3H2,1H3,(H,23,24)/t16-/m0/s1. The number of halogens is 2. The molecule has 1 fully saturated rings. The predicted molar refractivity (Wildman–Crippen MR) is 96.5 cm³/mol. The van der Waals surface area contributed by atoms with Gasteiger partial charge >= 0.3 is 0 Å². The van der Waals surface area contributed by atoms with Crippen LogP contribution >= 0.6 is 23.2 Å². The molecule has 3 rings (SSSR count). The van der Waals surface area contributed by atoms with Crippen LogP contribution in [0.1, 0.15) is 35.4 Å². The molecule has 2 aromatic carbocycles. The molecule has 1 atom stereocenters. The number of hydrogen-bond donors (Lipinski definition) is 1. The Morgan fingerprint density at radius 3 is 2.50 bits per heavy atom. The molecule has 0 bridgehead atoms. The molecule has 0 aromatic heterocycles. The van der Waals surface area contributed by atoms with E-state index in [0.29, 0.717) is 15.7 Å². The van der Waals surface area contributed by atoms with E-state index < -0.39 is 5.92 Å². The van der Waals surface area contributed by atoms with Gasteiger partial charge < -0.3 is 5.32 Å². The molecule has 24 heavy (non-hydrogen) atoms. The van der Waals surface area contributed by atoms with Crippen LogP contribution in [0.4, 0.5) is 5.69 Å². The molecule has 1 aliphatic carbocycles. The second-order valence-corrected chi connectivity index (χ2v) is 6.91. The molecule has 3 nitrogen and oxygen atoms in total. The van der Waals surface area contributed by atoms with Crippen molar-refractivity contribution in [3.63, 3.8) is 0 Å². The van der Waals surface area contributed by atoms with Crippen LogP contribution in [0.5, 0.6) is 0 Å². The third kappa shape index (κ3) is 3.56. The molecule has 2 aromatic rings. The van der Waals surface area contributed by atoms with Gasteiger partial charge in [-0.25, -0.2) is 0 Å². The van der Waals surface area contributed by atoms with Gasteiger partial charge in [0.15, 0.2) is 0 Å². The normalized spacial score (nSPS) is 14.8. The fraction of sp³-hybridized carbons (Fsp3) is 0.263. The van der Waals surface area contributed by atoms with Gasteiger partial charge in [0.2, 0.25) is 5.91 Å². The summed E-state index contributed by atoms with van der Waals surface area (Å²) in [6.07, 6.45) is 1.90. The van der Waals surface area contributed by atoms with Crippen molar-refractivity contribution in [3.05, 3.63) is 63.1 Å². The van der Waals surface area contributed by atoms with E-state index in [9.17, 15) is 10.1 Å². The molecule has 1 aliphatic rings. The topological polar surface area (TPSA) is 52.9 Å². The van der Waals surface area contributed by atoms with Gasteiger partial charge in [-0.15, -0.1) is 0 Å². The van der Waals surface area contributed by atoms with Crippen molar-refractivity contribution >= 4 is 34.8 Å². The van der Waals surface area contributed by atoms with Gasteiger partial charge in [-0.3, -0.25) is 4.79 Å². The first kappa shape index (κ1) is 16.8. The molecule has 0 heterocycles. The maximum atomic E-state index is 11.9. The Balaban J connectivity index is 1.92. The van der Waals surface area contributed by atoms with Crippen molar-refractivity contribution in [1.82, 2.24) is 0 Å². The maximum Gasteiger partial charge on any atom is 0.227 e. The van der Waals surface area contributed by atoms with Crippen molar-refractivity contribution in [3.8, 4) is 6.07 Å². The zero-order chi connectivity index (χ0) is 17.3. The molecule has 0 unspecified atom stereocenters. The average Bonchev–Trinajstić information content (AvgIpc) is 3.39. The first-order chi connectivity index (χ1) is 11.5. The second kappa shape index (κ2) is 6.84. The maximum absolute atomic E-state index is 11.9. The van der Waals surface area contributed by atoms with Crippen LogP contribution in [0.3, 0.4) is 0 Å². The SMILES string of the molecule is Cc1cc([C@@H](C#N)c2ccc(Cl)cc2)c(Cl)cc1NC(=O)C1CC1. The fourth-order valence-corrected chi connectivity index (χ4v) is 3.02. The van der Waals surface area contributed by atoms with Gasteiger partial charge in [-0.1, -0.05) is 41.4 Å². The molecular formula is C19H16Cl2N2O. The van der Waals surface area contributed by atoms with Crippen molar-refractivity contribution in [2.45, 2.75) is 25.7 Å². The van der Waals surface area contributed by atoms with Crippen LogP contribution in [-0.4, -0.2) is 5.91 Å². The number of carbonyl (C=O) groups excluding carboxylic acids is 1. The molecule has 1 amide bonds. The number of rotatable bonds is 4. The van der Waals surface area contributed by atoms with Crippen molar-refractivity contribution in [2.24, 2.45) is 5.92 Å². The Morgan fingerprint density at radius 2 is 1.92 bits per heavy atom. The van der Waals surface area contributed by atoms with Crippen molar-refractivity contribution in [1.29, 1.82) is 5.26 Å². The number of hydrogen-bond acceptors (Lipinski definition) is 2. The number of nitrogens with zero attached hydrogens (tertiary/aromatic N) is 1. The highest BCUT2D eigenvalue weighted by Crippen LogP contribution is 2.35.